The Morgan fingerprint density at radius 1 is 0.654 bits per heavy atom. The lowest BCUT2D eigenvalue weighted by atomic mass is 10.1. The van der Waals surface area contributed by atoms with Gasteiger partial charge in [-0.25, -0.2) is 9.97 Å². The van der Waals surface area contributed by atoms with Crippen LogP contribution in [0.15, 0.2) is 83.3 Å². The number of rotatable bonds is 2. The van der Waals surface area contributed by atoms with E-state index in [9.17, 15) is 0 Å². The van der Waals surface area contributed by atoms with Crippen molar-refractivity contribution in [1.82, 2.24) is 9.97 Å². The van der Waals surface area contributed by atoms with Crippen molar-refractivity contribution in [3.05, 3.63) is 84.6 Å². The van der Waals surface area contributed by atoms with Crippen LogP contribution < -0.4 is 0 Å². The van der Waals surface area contributed by atoms with Gasteiger partial charge in [0.25, 0.3) is 0 Å². The summed E-state index contributed by atoms with van der Waals surface area (Å²) in [4.78, 5) is 9.37. The molecule has 0 amide bonds. The Hall–Kier alpha value is -3.46. The second-order valence-corrected chi connectivity index (χ2v) is 6.39. The van der Waals surface area contributed by atoms with Gasteiger partial charge in [-0.3, -0.25) is 0 Å². The molecule has 0 aliphatic rings. The molecule has 0 aliphatic heterocycles. The summed E-state index contributed by atoms with van der Waals surface area (Å²) in [6.07, 6.45) is 0. The molecule has 3 nitrogen and oxygen atoms in total. The number of furan rings is 1. The van der Waals surface area contributed by atoms with Gasteiger partial charge in [-0.1, -0.05) is 54.6 Å². The van der Waals surface area contributed by atoms with E-state index >= 15 is 0 Å². The highest BCUT2D eigenvalue weighted by Crippen LogP contribution is 2.32. The fourth-order valence-corrected chi connectivity index (χ4v) is 3.32. The molecule has 2 heterocycles. The standard InChI is InChI=1S/C23H16N2O/c1-15-13-20(25-23(24-15)16-7-3-2-4-8-16)17-11-12-19-18-9-5-6-10-21(18)26-22(19)14-17/h2-14H,1H3. The van der Waals surface area contributed by atoms with Crippen molar-refractivity contribution >= 4 is 21.9 Å². The van der Waals surface area contributed by atoms with E-state index in [-0.39, 0.29) is 0 Å². The minimum absolute atomic E-state index is 0.741. The van der Waals surface area contributed by atoms with Gasteiger partial charge in [-0.2, -0.15) is 0 Å². The predicted molar refractivity (Wildman–Crippen MR) is 105 cm³/mol. The maximum Gasteiger partial charge on any atom is 0.160 e. The summed E-state index contributed by atoms with van der Waals surface area (Å²) in [5.74, 6) is 0.741. The molecule has 26 heavy (non-hydrogen) atoms. The lowest BCUT2D eigenvalue weighted by molar-refractivity contribution is 0.669. The summed E-state index contributed by atoms with van der Waals surface area (Å²) in [5, 5.41) is 2.26. The SMILES string of the molecule is Cc1cc(-c2ccc3c(c2)oc2ccccc23)nc(-c2ccccc2)n1. The van der Waals surface area contributed by atoms with Crippen molar-refractivity contribution in [2.45, 2.75) is 6.92 Å². The van der Waals surface area contributed by atoms with Gasteiger partial charge in [0.05, 0.1) is 5.69 Å². The summed E-state index contributed by atoms with van der Waals surface area (Å²) in [7, 11) is 0. The molecule has 0 aliphatic carbocycles. The van der Waals surface area contributed by atoms with Crippen LogP contribution in [0.3, 0.4) is 0 Å². The van der Waals surface area contributed by atoms with Crippen molar-refractivity contribution < 1.29 is 4.42 Å². The minimum Gasteiger partial charge on any atom is -0.456 e. The number of nitrogens with zero attached hydrogens (tertiary/aromatic N) is 2. The van der Waals surface area contributed by atoms with Gasteiger partial charge in [0.1, 0.15) is 11.2 Å². The Balaban J connectivity index is 1.67. The zero-order chi connectivity index (χ0) is 17.5. The van der Waals surface area contributed by atoms with Crippen molar-refractivity contribution in [3.8, 4) is 22.6 Å². The molecule has 0 atom stereocenters. The van der Waals surface area contributed by atoms with E-state index in [0.717, 1.165) is 50.3 Å². The fourth-order valence-electron chi connectivity index (χ4n) is 3.32. The Morgan fingerprint density at radius 2 is 1.42 bits per heavy atom. The van der Waals surface area contributed by atoms with E-state index in [2.05, 4.69) is 29.2 Å². The fraction of sp³-hybridized carbons (Fsp3) is 0.0435. The zero-order valence-corrected chi connectivity index (χ0v) is 14.3. The summed E-state index contributed by atoms with van der Waals surface area (Å²) in [5.41, 5.74) is 5.67. The number of benzene rings is 3. The van der Waals surface area contributed by atoms with E-state index in [1.54, 1.807) is 0 Å². The Morgan fingerprint density at radius 3 is 2.31 bits per heavy atom. The third-order valence-electron chi connectivity index (χ3n) is 4.56. The van der Waals surface area contributed by atoms with Crippen molar-refractivity contribution in [2.24, 2.45) is 0 Å². The molecule has 5 aromatic rings. The molecule has 3 heteroatoms. The lowest BCUT2D eigenvalue weighted by Crippen LogP contribution is -1.94. The highest BCUT2D eigenvalue weighted by molar-refractivity contribution is 6.05. The molecule has 0 N–H and O–H groups in total. The summed E-state index contributed by atoms with van der Waals surface area (Å²) in [6.45, 7) is 2.00. The molecule has 0 saturated carbocycles. The number of hydrogen-bond donors (Lipinski definition) is 0. The predicted octanol–water partition coefficient (Wildman–Crippen LogP) is 6.02. The first-order chi connectivity index (χ1) is 12.8. The Kier molecular flexibility index (Phi) is 3.32. The minimum atomic E-state index is 0.741. The van der Waals surface area contributed by atoms with Crippen molar-refractivity contribution in [2.75, 3.05) is 0 Å². The van der Waals surface area contributed by atoms with Crippen LogP contribution in [0.4, 0.5) is 0 Å². The molecule has 5 rings (SSSR count). The number of aromatic nitrogens is 2. The third kappa shape index (κ3) is 2.45. The smallest absolute Gasteiger partial charge is 0.160 e. The van der Waals surface area contributed by atoms with Crippen LogP contribution in [0.5, 0.6) is 0 Å². The van der Waals surface area contributed by atoms with Crippen LogP contribution >= 0.6 is 0 Å². The second-order valence-electron chi connectivity index (χ2n) is 6.39. The first-order valence-corrected chi connectivity index (χ1v) is 8.61. The highest BCUT2D eigenvalue weighted by atomic mass is 16.3. The van der Waals surface area contributed by atoms with Crippen molar-refractivity contribution in [1.29, 1.82) is 0 Å². The first kappa shape index (κ1) is 14.8. The quantitative estimate of drug-likeness (QED) is 0.396. The van der Waals surface area contributed by atoms with Gasteiger partial charge in [0, 0.05) is 27.6 Å². The monoisotopic (exact) mass is 336 g/mol. The number of hydrogen-bond acceptors (Lipinski definition) is 3. The highest BCUT2D eigenvalue weighted by Gasteiger charge is 2.10. The topological polar surface area (TPSA) is 38.9 Å². The molecule has 0 radical (unpaired) electrons. The molecule has 0 saturated heterocycles. The summed E-state index contributed by atoms with van der Waals surface area (Å²) >= 11 is 0. The molecule has 0 fully saturated rings. The van der Waals surface area contributed by atoms with Crippen LogP contribution in [0, 0.1) is 6.92 Å². The van der Waals surface area contributed by atoms with Crippen LogP contribution in [0.2, 0.25) is 0 Å². The van der Waals surface area contributed by atoms with Crippen molar-refractivity contribution in [3.63, 3.8) is 0 Å². The van der Waals surface area contributed by atoms with E-state index in [4.69, 9.17) is 9.40 Å². The maximum atomic E-state index is 6.02. The normalized spacial score (nSPS) is 11.3. The van der Waals surface area contributed by atoms with Crippen LogP contribution in [0.25, 0.3) is 44.6 Å². The second kappa shape index (κ2) is 5.81. The lowest BCUT2D eigenvalue weighted by Gasteiger charge is -2.06. The molecule has 3 aromatic carbocycles. The maximum absolute atomic E-state index is 6.02. The molecule has 124 valence electrons. The zero-order valence-electron chi connectivity index (χ0n) is 14.3. The Bertz CT molecular complexity index is 1240. The van der Waals surface area contributed by atoms with Crippen LogP contribution in [-0.2, 0) is 0 Å². The van der Waals surface area contributed by atoms with Gasteiger partial charge in [0.15, 0.2) is 5.82 Å². The van der Waals surface area contributed by atoms with Gasteiger partial charge >= 0.3 is 0 Å². The molecule has 0 spiro atoms. The molecule has 0 unspecified atom stereocenters. The van der Waals surface area contributed by atoms with Gasteiger partial charge in [-0.05, 0) is 31.2 Å². The largest absolute Gasteiger partial charge is 0.456 e. The number of fused-ring (bicyclic) bond motifs is 3. The number of aryl methyl sites for hydroxylation is 1. The van der Waals surface area contributed by atoms with E-state index in [0.29, 0.717) is 0 Å². The molecule has 2 aromatic heterocycles. The van der Waals surface area contributed by atoms with E-state index < -0.39 is 0 Å². The third-order valence-corrected chi connectivity index (χ3v) is 4.56. The molecular weight excluding hydrogens is 320 g/mol. The average molecular weight is 336 g/mol. The molecule has 0 bridgehead atoms. The first-order valence-electron chi connectivity index (χ1n) is 8.61. The van der Waals surface area contributed by atoms with Crippen LogP contribution in [-0.4, -0.2) is 9.97 Å². The summed E-state index contributed by atoms with van der Waals surface area (Å²) in [6, 6.07) is 26.4. The Labute approximate surface area is 151 Å². The van der Waals surface area contributed by atoms with Gasteiger partial charge < -0.3 is 4.42 Å². The summed E-state index contributed by atoms with van der Waals surface area (Å²) < 4.78 is 6.02. The number of para-hydroxylation sites is 1. The van der Waals surface area contributed by atoms with Gasteiger partial charge in [-0.15, -0.1) is 0 Å². The molecular formula is C23H16N2O. The van der Waals surface area contributed by atoms with Gasteiger partial charge in [0.2, 0.25) is 0 Å². The van der Waals surface area contributed by atoms with Crippen LogP contribution in [0.1, 0.15) is 5.69 Å². The van der Waals surface area contributed by atoms with E-state index in [1.807, 2.05) is 61.5 Å². The average Bonchev–Trinajstić information content (AvgIpc) is 3.06. The van der Waals surface area contributed by atoms with E-state index in [1.165, 1.54) is 0 Å².